The molecule has 1 amide bonds. The molecule has 7 heteroatoms. The van der Waals surface area contributed by atoms with Gasteiger partial charge < -0.3 is 19.4 Å². The van der Waals surface area contributed by atoms with Crippen molar-refractivity contribution in [1.29, 1.82) is 0 Å². The highest BCUT2D eigenvalue weighted by Gasteiger charge is 2.17. The number of hydrogen-bond acceptors (Lipinski definition) is 4. The minimum absolute atomic E-state index is 0.0140. The minimum atomic E-state index is -0.532. The molecule has 6 nitrogen and oxygen atoms in total. The van der Waals surface area contributed by atoms with Gasteiger partial charge in [-0.1, -0.05) is 11.6 Å². The molecule has 0 saturated carbocycles. The van der Waals surface area contributed by atoms with E-state index in [0.29, 0.717) is 33.1 Å². The lowest BCUT2D eigenvalue weighted by molar-refractivity contribution is 0.102. The summed E-state index contributed by atoms with van der Waals surface area (Å²) in [5.41, 5.74) is 0.759. The van der Waals surface area contributed by atoms with Crippen molar-refractivity contribution < 1.29 is 14.3 Å². The molecule has 0 bridgehead atoms. The zero-order chi connectivity index (χ0) is 18.8. The number of nitrogens with one attached hydrogen (secondary N) is 1. The van der Waals surface area contributed by atoms with Crippen molar-refractivity contribution in [3.8, 4) is 11.5 Å². The fourth-order valence-corrected chi connectivity index (χ4v) is 2.89. The number of aromatic nitrogens is 1. The second-order valence-corrected chi connectivity index (χ2v) is 6.10. The molecule has 2 aromatic carbocycles. The SMILES string of the molecule is COc1ccc(NC(=O)c2cn(C)c3ccc(Cl)cc3c2=O)c(OC)c1. The van der Waals surface area contributed by atoms with Crippen molar-refractivity contribution >= 4 is 34.1 Å². The largest absolute Gasteiger partial charge is 0.497 e. The van der Waals surface area contributed by atoms with Gasteiger partial charge in [0.25, 0.3) is 5.91 Å². The molecule has 3 rings (SSSR count). The number of hydrogen-bond donors (Lipinski definition) is 1. The summed E-state index contributed by atoms with van der Waals surface area (Å²) in [5.74, 6) is 0.491. The number of carbonyl (C=O) groups is 1. The van der Waals surface area contributed by atoms with E-state index in [1.54, 1.807) is 48.0 Å². The van der Waals surface area contributed by atoms with E-state index in [9.17, 15) is 9.59 Å². The molecule has 0 spiro atoms. The highest BCUT2D eigenvalue weighted by Crippen LogP contribution is 2.29. The van der Waals surface area contributed by atoms with Gasteiger partial charge in [-0.2, -0.15) is 0 Å². The summed E-state index contributed by atoms with van der Waals surface area (Å²) in [7, 11) is 4.79. The summed E-state index contributed by atoms with van der Waals surface area (Å²) >= 11 is 6.00. The number of methoxy groups -OCH3 is 2. The first-order valence-electron chi connectivity index (χ1n) is 7.77. The van der Waals surface area contributed by atoms with Crippen LogP contribution in [-0.4, -0.2) is 24.7 Å². The number of fused-ring (bicyclic) bond motifs is 1. The van der Waals surface area contributed by atoms with Crippen LogP contribution in [0.15, 0.2) is 47.4 Å². The van der Waals surface area contributed by atoms with Crippen molar-refractivity contribution in [2.75, 3.05) is 19.5 Å². The van der Waals surface area contributed by atoms with Crippen LogP contribution in [0.4, 0.5) is 5.69 Å². The van der Waals surface area contributed by atoms with E-state index >= 15 is 0 Å². The Bertz CT molecular complexity index is 1060. The van der Waals surface area contributed by atoms with Gasteiger partial charge in [0.2, 0.25) is 5.43 Å². The normalized spacial score (nSPS) is 10.6. The molecule has 134 valence electrons. The van der Waals surface area contributed by atoms with Crippen LogP contribution >= 0.6 is 11.6 Å². The molecular weight excluding hydrogens is 356 g/mol. The van der Waals surface area contributed by atoms with E-state index in [0.717, 1.165) is 0 Å². The average Bonchev–Trinajstić information content (AvgIpc) is 2.64. The Morgan fingerprint density at radius 3 is 2.58 bits per heavy atom. The van der Waals surface area contributed by atoms with E-state index in [-0.39, 0.29) is 11.0 Å². The van der Waals surface area contributed by atoms with Gasteiger partial charge in [-0.05, 0) is 30.3 Å². The van der Waals surface area contributed by atoms with Gasteiger partial charge in [-0.3, -0.25) is 9.59 Å². The molecule has 26 heavy (non-hydrogen) atoms. The van der Waals surface area contributed by atoms with Crippen LogP contribution < -0.4 is 20.2 Å². The summed E-state index contributed by atoms with van der Waals surface area (Å²) in [6.07, 6.45) is 1.50. The lowest BCUT2D eigenvalue weighted by Gasteiger charge is -2.13. The van der Waals surface area contributed by atoms with E-state index in [2.05, 4.69) is 5.32 Å². The Morgan fingerprint density at radius 1 is 1.12 bits per heavy atom. The number of aryl methyl sites for hydroxylation is 1. The van der Waals surface area contributed by atoms with E-state index in [4.69, 9.17) is 21.1 Å². The second kappa shape index (κ2) is 7.09. The molecule has 3 aromatic rings. The summed E-state index contributed by atoms with van der Waals surface area (Å²) < 4.78 is 12.1. The van der Waals surface area contributed by atoms with Crippen molar-refractivity contribution in [1.82, 2.24) is 4.57 Å². The highest BCUT2D eigenvalue weighted by molar-refractivity contribution is 6.31. The summed E-state index contributed by atoms with van der Waals surface area (Å²) in [6, 6.07) is 9.99. The monoisotopic (exact) mass is 372 g/mol. The number of nitrogens with zero attached hydrogens (tertiary/aromatic N) is 1. The van der Waals surface area contributed by atoms with Crippen LogP contribution in [0.2, 0.25) is 5.02 Å². The molecule has 0 aliphatic heterocycles. The average molecular weight is 373 g/mol. The van der Waals surface area contributed by atoms with Crippen molar-refractivity contribution in [3.05, 3.63) is 63.4 Å². The van der Waals surface area contributed by atoms with Crippen molar-refractivity contribution in [2.45, 2.75) is 0 Å². The molecule has 0 saturated heterocycles. The molecule has 0 aliphatic carbocycles. The standard InChI is InChI=1S/C19H17ClN2O4/c1-22-10-14(18(23)13-8-11(20)4-7-16(13)22)19(24)21-15-6-5-12(25-2)9-17(15)26-3/h4-10H,1-3H3,(H,21,24). The van der Waals surface area contributed by atoms with Crippen molar-refractivity contribution in [2.24, 2.45) is 7.05 Å². The van der Waals surface area contributed by atoms with Gasteiger partial charge >= 0.3 is 0 Å². The molecule has 1 heterocycles. The number of pyridine rings is 1. The zero-order valence-corrected chi connectivity index (χ0v) is 15.3. The Morgan fingerprint density at radius 2 is 1.88 bits per heavy atom. The summed E-state index contributed by atoms with van der Waals surface area (Å²) in [6.45, 7) is 0. The highest BCUT2D eigenvalue weighted by atomic mass is 35.5. The zero-order valence-electron chi connectivity index (χ0n) is 14.5. The topological polar surface area (TPSA) is 69.6 Å². The number of halogens is 1. The third-order valence-electron chi connectivity index (χ3n) is 4.05. The maximum absolute atomic E-state index is 12.7. The summed E-state index contributed by atoms with van der Waals surface area (Å²) in [5, 5.41) is 3.53. The molecule has 0 atom stereocenters. The lowest BCUT2D eigenvalue weighted by atomic mass is 10.1. The maximum Gasteiger partial charge on any atom is 0.261 e. The first-order chi connectivity index (χ1) is 12.4. The van der Waals surface area contributed by atoms with Gasteiger partial charge in [-0.25, -0.2) is 0 Å². The number of amides is 1. The first kappa shape index (κ1) is 17.8. The van der Waals surface area contributed by atoms with E-state index in [1.807, 2.05) is 0 Å². The molecule has 0 radical (unpaired) electrons. The predicted molar refractivity (Wildman–Crippen MR) is 102 cm³/mol. The molecule has 1 N–H and O–H groups in total. The fraction of sp³-hybridized carbons (Fsp3) is 0.158. The van der Waals surface area contributed by atoms with Crippen LogP contribution in [0.25, 0.3) is 10.9 Å². The number of rotatable bonds is 4. The van der Waals surface area contributed by atoms with Gasteiger partial charge in [0, 0.05) is 29.7 Å². The summed E-state index contributed by atoms with van der Waals surface area (Å²) in [4.78, 5) is 25.4. The molecule has 1 aromatic heterocycles. The van der Waals surface area contributed by atoms with E-state index < -0.39 is 5.91 Å². The Kier molecular flexibility index (Phi) is 4.86. The van der Waals surface area contributed by atoms with Gasteiger partial charge in [-0.15, -0.1) is 0 Å². The van der Waals surface area contributed by atoms with Crippen LogP contribution in [0, 0.1) is 0 Å². The maximum atomic E-state index is 12.7. The number of ether oxygens (including phenoxy) is 2. The second-order valence-electron chi connectivity index (χ2n) is 5.66. The Labute approximate surface area is 154 Å². The molecule has 0 unspecified atom stereocenters. The number of benzene rings is 2. The van der Waals surface area contributed by atoms with Crippen LogP contribution in [0.1, 0.15) is 10.4 Å². The lowest BCUT2D eigenvalue weighted by Crippen LogP contribution is -2.23. The minimum Gasteiger partial charge on any atom is -0.497 e. The Balaban J connectivity index is 2.03. The number of anilines is 1. The quantitative estimate of drug-likeness (QED) is 0.761. The van der Waals surface area contributed by atoms with Gasteiger partial charge in [0.15, 0.2) is 0 Å². The molecule has 0 fully saturated rings. The van der Waals surface area contributed by atoms with Gasteiger partial charge in [0.05, 0.1) is 25.4 Å². The third kappa shape index (κ3) is 3.23. The molecular formula is C19H17ClN2O4. The fourth-order valence-electron chi connectivity index (χ4n) is 2.72. The Hall–Kier alpha value is -2.99. The third-order valence-corrected chi connectivity index (χ3v) is 4.29. The van der Waals surface area contributed by atoms with Gasteiger partial charge in [0.1, 0.15) is 17.1 Å². The van der Waals surface area contributed by atoms with E-state index in [1.165, 1.54) is 20.4 Å². The smallest absolute Gasteiger partial charge is 0.261 e. The van der Waals surface area contributed by atoms with Crippen LogP contribution in [0.5, 0.6) is 11.5 Å². The number of carbonyl (C=O) groups excluding carboxylic acids is 1. The molecule has 0 aliphatic rings. The van der Waals surface area contributed by atoms with Crippen LogP contribution in [0.3, 0.4) is 0 Å². The van der Waals surface area contributed by atoms with Crippen molar-refractivity contribution in [3.63, 3.8) is 0 Å². The predicted octanol–water partition coefficient (Wildman–Crippen LogP) is 3.46. The van der Waals surface area contributed by atoms with Crippen LogP contribution in [-0.2, 0) is 7.05 Å². The first-order valence-corrected chi connectivity index (χ1v) is 8.14.